The van der Waals surface area contributed by atoms with E-state index >= 15 is 0 Å². The molecule has 25 heavy (non-hydrogen) atoms. The van der Waals surface area contributed by atoms with Crippen molar-refractivity contribution in [3.8, 4) is 22.6 Å². The summed E-state index contributed by atoms with van der Waals surface area (Å²) in [5, 5.41) is 0. The van der Waals surface area contributed by atoms with Crippen molar-refractivity contribution in [1.82, 2.24) is 9.97 Å². The average Bonchev–Trinajstić information content (AvgIpc) is 3.12. The van der Waals surface area contributed by atoms with Gasteiger partial charge in [0.25, 0.3) is 0 Å². The number of benzene rings is 2. The first-order valence-electron chi connectivity index (χ1n) is 7.75. The maximum absolute atomic E-state index is 11.9. The van der Waals surface area contributed by atoms with E-state index in [9.17, 15) is 4.79 Å². The van der Waals surface area contributed by atoms with Crippen LogP contribution in [-0.2, 0) is 4.74 Å². The molecule has 0 aliphatic rings. The van der Waals surface area contributed by atoms with Gasteiger partial charge in [-0.15, -0.1) is 0 Å². The summed E-state index contributed by atoms with van der Waals surface area (Å²) in [7, 11) is 1.34. The number of nitrogens with zero attached hydrogens (tertiary/aromatic N) is 2. The number of ether oxygens (including phenoxy) is 1. The third kappa shape index (κ3) is 2.76. The highest BCUT2D eigenvalue weighted by Crippen LogP contribution is 2.28. The van der Waals surface area contributed by atoms with Crippen molar-refractivity contribution in [2.75, 3.05) is 7.11 Å². The van der Waals surface area contributed by atoms with Gasteiger partial charge in [-0.2, -0.15) is 0 Å². The molecule has 0 fully saturated rings. The van der Waals surface area contributed by atoms with Gasteiger partial charge in [-0.25, -0.2) is 9.78 Å². The summed E-state index contributed by atoms with van der Waals surface area (Å²) in [6.07, 6.45) is 3.52. The summed E-state index contributed by atoms with van der Waals surface area (Å²) in [6, 6.07) is 17.0. The molecule has 0 unspecified atom stereocenters. The van der Waals surface area contributed by atoms with E-state index in [4.69, 9.17) is 9.15 Å². The first kappa shape index (κ1) is 15.1. The van der Waals surface area contributed by atoms with Gasteiger partial charge in [0, 0.05) is 18.0 Å². The van der Waals surface area contributed by atoms with E-state index in [2.05, 4.69) is 9.97 Å². The van der Waals surface area contributed by atoms with Crippen LogP contribution in [0.1, 0.15) is 10.4 Å². The fourth-order valence-corrected chi connectivity index (χ4v) is 2.69. The zero-order chi connectivity index (χ0) is 17.2. The summed E-state index contributed by atoms with van der Waals surface area (Å²) >= 11 is 0. The van der Waals surface area contributed by atoms with Crippen LogP contribution in [0, 0.1) is 0 Å². The smallest absolute Gasteiger partial charge is 0.341 e. The number of carbonyl (C=O) groups is 1. The Hall–Kier alpha value is -3.47. The maximum Gasteiger partial charge on any atom is 0.341 e. The number of esters is 1. The number of fused-ring (bicyclic) bond motifs is 1. The summed E-state index contributed by atoms with van der Waals surface area (Å²) < 4.78 is 10.6. The molecule has 4 rings (SSSR count). The van der Waals surface area contributed by atoms with Gasteiger partial charge in [0.05, 0.1) is 7.11 Å². The predicted molar refractivity (Wildman–Crippen MR) is 94.0 cm³/mol. The molecule has 0 atom stereocenters. The molecule has 0 bridgehead atoms. The number of methoxy groups -OCH3 is 1. The third-order valence-corrected chi connectivity index (χ3v) is 3.97. The second kappa shape index (κ2) is 6.20. The van der Waals surface area contributed by atoms with Gasteiger partial charge >= 0.3 is 5.97 Å². The highest BCUT2D eigenvalue weighted by Gasteiger charge is 2.16. The number of para-hydroxylation sites is 1. The molecule has 4 aromatic rings. The van der Waals surface area contributed by atoms with Gasteiger partial charge in [-0.3, -0.25) is 4.98 Å². The molecule has 0 amide bonds. The van der Waals surface area contributed by atoms with E-state index in [1.807, 2.05) is 36.4 Å². The van der Waals surface area contributed by atoms with Crippen LogP contribution >= 0.6 is 0 Å². The van der Waals surface area contributed by atoms with Crippen molar-refractivity contribution in [1.29, 1.82) is 0 Å². The molecule has 0 saturated carbocycles. The number of hydrogen-bond acceptors (Lipinski definition) is 5. The summed E-state index contributed by atoms with van der Waals surface area (Å²) in [6.45, 7) is 0. The molecule has 2 aromatic heterocycles. The lowest BCUT2D eigenvalue weighted by Crippen LogP contribution is -2.00. The van der Waals surface area contributed by atoms with Crippen molar-refractivity contribution in [3.05, 3.63) is 72.6 Å². The van der Waals surface area contributed by atoms with Crippen LogP contribution in [-0.4, -0.2) is 23.0 Å². The van der Waals surface area contributed by atoms with Gasteiger partial charge in [-0.1, -0.05) is 18.2 Å². The number of rotatable bonds is 3. The van der Waals surface area contributed by atoms with Gasteiger partial charge in [-0.05, 0) is 47.5 Å². The van der Waals surface area contributed by atoms with E-state index in [1.165, 1.54) is 7.11 Å². The molecule has 2 heterocycles. The Morgan fingerprint density at radius 2 is 1.60 bits per heavy atom. The van der Waals surface area contributed by atoms with E-state index < -0.39 is 5.97 Å². The van der Waals surface area contributed by atoms with Crippen molar-refractivity contribution in [2.45, 2.75) is 0 Å². The highest BCUT2D eigenvalue weighted by molar-refractivity contribution is 6.01. The van der Waals surface area contributed by atoms with Crippen LogP contribution in [0.25, 0.3) is 33.7 Å². The van der Waals surface area contributed by atoms with Crippen molar-refractivity contribution >= 4 is 17.1 Å². The fraction of sp³-hybridized carbons (Fsp3) is 0.0500. The highest BCUT2D eigenvalue weighted by atomic mass is 16.5. The molecule has 0 aliphatic heterocycles. The van der Waals surface area contributed by atoms with Crippen LogP contribution in [0.15, 0.2) is 71.4 Å². The predicted octanol–water partition coefficient (Wildman–Crippen LogP) is 4.34. The molecule has 0 saturated heterocycles. The minimum atomic E-state index is -0.443. The van der Waals surface area contributed by atoms with Crippen LogP contribution in [0.4, 0.5) is 0 Å². The molecule has 0 radical (unpaired) electrons. The molecular weight excluding hydrogens is 316 g/mol. The Balaban J connectivity index is 1.74. The monoisotopic (exact) mass is 330 g/mol. The van der Waals surface area contributed by atoms with Crippen LogP contribution < -0.4 is 0 Å². The number of oxazole rings is 1. The molecule has 122 valence electrons. The van der Waals surface area contributed by atoms with Gasteiger partial charge in [0.2, 0.25) is 5.89 Å². The van der Waals surface area contributed by atoms with Crippen LogP contribution in [0.2, 0.25) is 0 Å². The third-order valence-electron chi connectivity index (χ3n) is 3.97. The molecule has 0 aliphatic carbocycles. The lowest BCUT2D eigenvalue weighted by Gasteiger charge is -2.02. The van der Waals surface area contributed by atoms with E-state index in [1.54, 1.807) is 30.6 Å². The number of pyridine rings is 1. The van der Waals surface area contributed by atoms with Crippen molar-refractivity contribution in [3.63, 3.8) is 0 Å². The summed E-state index contributed by atoms with van der Waals surface area (Å²) in [4.78, 5) is 20.4. The standard InChI is InChI=1S/C20H14N2O3/c1-24-20(23)16-3-2-4-17-18(16)25-19(22-17)15-7-5-13(6-8-15)14-9-11-21-12-10-14/h2-12H,1H3. The quantitative estimate of drug-likeness (QED) is 0.523. The molecule has 5 nitrogen and oxygen atoms in total. The van der Waals surface area contributed by atoms with Gasteiger partial charge < -0.3 is 9.15 Å². The molecule has 2 aromatic carbocycles. The van der Waals surface area contributed by atoms with E-state index in [0.717, 1.165) is 16.7 Å². The van der Waals surface area contributed by atoms with Crippen molar-refractivity contribution < 1.29 is 13.9 Å². The first-order valence-corrected chi connectivity index (χ1v) is 7.75. The number of aromatic nitrogens is 2. The lowest BCUT2D eigenvalue weighted by atomic mass is 10.1. The molecule has 0 N–H and O–H groups in total. The molecule has 0 spiro atoms. The maximum atomic E-state index is 11.9. The van der Waals surface area contributed by atoms with E-state index in [0.29, 0.717) is 22.6 Å². The average molecular weight is 330 g/mol. The SMILES string of the molecule is COC(=O)c1cccc2nc(-c3ccc(-c4ccncc4)cc3)oc12. The fourth-order valence-electron chi connectivity index (χ4n) is 2.69. The second-order valence-electron chi connectivity index (χ2n) is 5.48. The number of carbonyl (C=O) groups excluding carboxylic acids is 1. The number of hydrogen-bond donors (Lipinski definition) is 0. The zero-order valence-corrected chi connectivity index (χ0v) is 13.5. The Kier molecular flexibility index (Phi) is 3.74. The molecule has 5 heteroatoms. The van der Waals surface area contributed by atoms with Gasteiger partial charge in [0.1, 0.15) is 11.1 Å². The Morgan fingerprint density at radius 1 is 0.920 bits per heavy atom. The topological polar surface area (TPSA) is 65.2 Å². The second-order valence-corrected chi connectivity index (χ2v) is 5.48. The first-order chi connectivity index (χ1) is 12.3. The summed E-state index contributed by atoms with van der Waals surface area (Å²) in [5.74, 6) is 0.0222. The van der Waals surface area contributed by atoms with Crippen LogP contribution in [0.3, 0.4) is 0 Å². The minimum Gasteiger partial charge on any atom is -0.465 e. The Bertz CT molecular complexity index is 1040. The summed E-state index contributed by atoms with van der Waals surface area (Å²) in [5.41, 5.74) is 4.43. The largest absolute Gasteiger partial charge is 0.465 e. The Labute approximate surface area is 143 Å². The minimum absolute atomic E-state index is 0.368. The van der Waals surface area contributed by atoms with Crippen LogP contribution in [0.5, 0.6) is 0 Å². The molecular formula is C20H14N2O3. The van der Waals surface area contributed by atoms with E-state index in [-0.39, 0.29) is 0 Å². The zero-order valence-electron chi connectivity index (χ0n) is 13.5. The van der Waals surface area contributed by atoms with Crippen molar-refractivity contribution in [2.24, 2.45) is 0 Å². The van der Waals surface area contributed by atoms with Gasteiger partial charge in [0.15, 0.2) is 5.58 Å². The normalized spacial score (nSPS) is 10.8. The lowest BCUT2D eigenvalue weighted by molar-refractivity contribution is 0.0602. The Morgan fingerprint density at radius 3 is 2.32 bits per heavy atom.